The zero-order valence-corrected chi connectivity index (χ0v) is 34.0. The van der Waals surface area contributed by atoms with Crippen molar-refractivity contribution in [3.05, 3.63) is 143 Å². The zero-order valence-electron chi connectivity index (χ0n) is 33.3. The van der Waals surface area contributed by atoms with Crippen molar-refractivity contribution in [2.45, 2.75) is 64.7 Å². The lowest BCUT2D eigenvalue weighted by Gasteiger charge is -2.35. The number of ether oxygens (including phenoxy) is 3. The van der Waals surface area contributed by atoms with Gasteiger partial charge >= 0.3 is 24.3 Å². The zero-order chi connectivity index (χ0) is 45.3. The lowest BCUT2D eigenvalue weighted by atomic mass is 10.1. The molecule has 2 amide bonds. The Hall–Kier alpha value is -6.34. The van der Waals surface area contributed by atoms with Crippen molar-refractivity contribution in [3.63, 3.8) is 0 Å². The predicted molar refractivity (Wildman–Crippen MR) is 211 cm³/mol. The summed E-state index contributed by atoms with van der Waals surface area (Å²) in [6, 6.07) is 32.3. The van der Waals surface area contributed by atoms with Crippen molar-refractivity contribution in [2.24, 2.45) is 17.3 Å². The lowest BCUT2D eigenvalue weighted by Crippen LogP contribution is -2.55. The number of hydrogen-bond donors (Lipinski definition) is 1. The van der Waals surface area contributed by atoms with Crippen LogP contribution in [-0.4, -0.2) is 52.8 Å². The number of nitriles is 1. The monoisotopic (exact) mass is 871 g/mol. The van der Waals surface area contributed by atoms with Crippen LogP contribution in [0.5, 0.6) is 11.5 Å². The minimum absolute atomic E-state index is 0.264. The van der Waals surface area contributed by atoms with Crippen LogP contribution in [0.1, 0.15) is 67.0 Å². The number of nitrogens with zero attached hydrogens (tertiary/aromatic N) is 2. The molecule has 61 heavy (non-hydrogen) atoms. The summed E-state index contributed by atoms with van der Waals surface area (Å²) in [5, 5.41) is 11.5. The van der Waals surface area contributed by atoms with Crippen LogP contribution in [0.2, 0.25) is 5.02 Å². The number of halogens is 7. The third-order valence-corrected chi connectivity index (χ3v) is 9.39. The van der Waals surface area contributed by atoms with E-state index in [1.807, 2.05) is 32.9 Å². The molecular formula is C44H40ClF6N3O7. The molecule has 0 aromatic heterocycles. The maximum atomic E-state index is 12.8. The first-order chi connectivity index (χ1) is 28.4. The highest BCUT2D eigenvalue weighted by atomic mass is 35.5. The van der Waals surface area contributed by atoms with Gasteiger partial charge in [0.25, 0.3) is 17.9 Å². The van der Waals surface area contributed by atoms with Gasteiger partial charge in [0.15, 0.2) is 0 Å². The molecule has 5 rings (SSSR count). The Kier molecular flexibility index (Phi) is 15.0. The van der Waals surface area contributed by atoms with Gasteiger partial charge in [-0.3, -0.25) is 19.8 Å². The molecule has 0 saturated heterocycles. The molecule has 322 valence electrons. The van der Waals surface area contributed by atoms with Gasteiger partial charge in [0, 0.05) is 27.8 Å². The predicted octanol–water partition coefficient (Wildman–Crippen LogP) is 10.4. The van der Waals surface area contributed by atoms with E-state index in [0.29, 0.717) is 39.3 Å². The van der Waals surface area contributed by atoms with E-state index in [4.69, 9.17) is 21.1 Å². The molecule has 1 aliphatic carbocycles. The summed E-state index contributed by atoms with van der Waals surface area (Å²) >= 11 is 5.83. The standard InChI is InChI=1S/C26H21F6NO5.C18H19ClN2O2/c1-24(2)18(11-12-20(34)38-23(25(27,28)29)26(30,31)32)21(24)22(35)37-19(14-33)15-7-6-10-17(13-15)36-16-8-4-3-5-9-16;1-18(2,3)21(17(23)14-7-5-4-6-8-14)20-16(22)13-9-11-15(19)12-10-13/h3-13,18-19,21,23H,1-2H3;4-12H,1-3H3,(H,20,22)/b12-11-;. The van der Waals surface area contributed by atoms with Crippen molar-refractivity contribution in [1.82, 2.24) is 10.4 Å². The summed E-state index contributed by atoms with van der Waals surface area (Å²) in [4.78, 5) is 49.5. The third-order valence-electron chi connectivity index (χ3n) is 9.14. The second-order valence-corrected chi connectivity index (χ2v) is 15.6. The van der Waals surface area contributed by atoms with E-state index in [0.717, 1.165) is 6.08 Å². The Balaban J connectivity index is 0.000000303. The Morgan fingerprint density at radius 3 is 1.89 bits per heavy atom. The maximum absolute atomic E-state index is 12.8. The van der Waals surface area contributed by atoms with E-state index < -0.39 is 59.3 Å². The first-order valence-corrected chi connectivity index (χ1v) is 18.7. The normalized spacial score (nSPS) is 16.3. The number of alkyl halides is 6. The molecule has 10 nitrogen and oxygen atoms in total. The number of nitrogens with one attached hydrogen (secondary N) is 1. The molecule has 1 fully saturated rings. The molecule has 4 aromatic rings. The molecule has 0 spiro atoms. The molecule has 1 N–H and O–H groups in total. The number of para-hydroxylation sites is 1. The summed E-state index contributed by atoms with van der Waals surface area (Å²) in [5.41, 5.74) is 2.53. The van der Waals surface area contributed by atoms with Gasteiger partial charge in [-0.2, -0.15) is 31.6 Å². The Morgan fingerprint density at radius 2 is 1.34 bits per heavy atom. The second-order valence-electron chi connectivity index (χ2n) is 15.1. The third kappa shape index (κ3) is 13.1. The molecule has 0 radical (unpaired) electrons. The van der Waals surface area contributed by atoms with Crippen LogP contribution in [-0.2, 0) is 19.1 Å². The number of rotatable bonds is 10. The van der Waals surface area contributed by atoms with E-state index in [2.05, 4.69) is 10.2 Å². The summed E-state index contributed by atoms with van der Waals surface area (Å²) in [5.74, 6) is -4.07. The van der Waals surface area contributed by atoms with Crippen LogP contribution in [0.25, 0.3) is 0 Å². The van der Waals surface area contributed by atoms with Gasteiger partial charge in [0.1, 0.15) is 17.6 Å². The topological polar surface area (TPSA) is 135 Å². The molecule has 0 bridgehead atoms. The van der Waals surface area contributed by atoms with E-state index in [9.17, 15) is 50.8 Å². The highest BCUT2D eigenvalue weighted by Gasteiger charge is 2.62. The second kappa shape index (κ2) is 19.4. The van der Waals surface area contributed by atoms with Gasteiger partial charge in [-0.1, -0.05) is 80.1 Å². The van der Waals surface area contributed by atoms with Gasteiger partial charge in [-0.15, -0.1) is 0 Å². The lowest BCUT2D eigenvalue weighted by molar-refractivity contribution is -0.312. The largest absolute Gasteiger partial charge is 0.457 e. The van der Waals surface area contributed by atoms with Gasteiger partial charge in [-0.25, -0.2) is 9.80 Å². The fourth-order valence-corrected chi connectivity index (χ4v) is 5.99. The quantitative estimate of drug-likeness (QED) is 0.0720. The van der Waals surface area contributed by atoms with Crippen LogP contribution >= 0.6 is 11.6 Å². The average Bonchev–Trinajstić information content (AvgIpc) is 3.76. The minimum Gasteiger partial charge on any atom is -0.457 e. The van der Waals surface area contributed by atoms with Crippen LogP contribution in [0, 0.1) is 28.6 Å². The average molecular weight is 872 g/mol. The molecule has 1 aliphatic rings. The number of hydrogen-bond acceptors (Lipinski definition) is 8. The SMILES string of the molecule is CC(C)(C)N(NC(=O)c1ccc(Cl)cc1)C(=O)c1ccccc1.CC1(C)C(/C=C\C(=O)OC(C(F)(F)F)C(F)(F)F)C1C(=O)OC(C#N)c1cccc(Oc2ccccc2)c1. The number of carbonyl (C=O) groups is 4. The number of amides is 2. The Morgan fingerprint density at radius 1 is 0.787 bits per heavy atom. The van der Waals surface area contributed by atoms with Crippen molar-refractivity contribution in [3.8, 4) is 17.6 Å². The van der Waals surface area contributed by atoms with Crippen LogP contribution < -0.4 is 10.2 Å². The van der Waals surface area contributed by atoms with E-state index in [1.54, 1.807) is 111 Å². The molecule has 3 unspecified atom stereocenters. The number of hydrazine groups is 1. The molecule has 17 heteroatoms. The Bertz CT molecular complexity index is 2220. The van der Waals surface area contributed by atoms with Crippen molar-refractivity contribution >= 4 is 35.4 Å². The van der Waals surface area contributed by atoms with Gasteiger partial charge in [0.05, 0.1) is 11.5 Å². The van der Waals surface area contributed by atoms with Crippen molar-refractivity contribution in [1.29, 1.82) is 5.26 Å². The number of esters is 2. The summed E-state index contributed by atoms with van der Waals surface area (Å²) < 4.78 is 90.2. The molecule has 0 aliphatic heterocycles. The number of allylic oxidation sites excluding steroid dienone is 1. The molecule has 0 heterocycles. The first kappa shape index (κ1) is 47.3. The smallest absolute Gasteiger partial charge is 0.434 e. The van der Waals surface area contributed by atoms with Crippen molar-refractivity contribution < 1.29 is 59.7 Å². The summed E-state index contributed by atoms with van der Waals surface area (Å²) in [6.07, 6.45) is -15.9. The van der Waals surface area contributed by atoms with Crippen LogP contribution in [0.15, 0.2) is 121 Å². The van der Waals surface area contributed by atoms with E-state index in [-0.39, 0.29) is 11.8 Å². The molecule has 4 aromatic carbocycles. The maximum Gasteiger partial charge on any atom is 0.434 e. The number of carbonyl (C=O) groups excluding carboxylic acids is 4. The highest BCUT2D eigenvalue weighted by molar-refractivity contribution is 6.30. The summed E-state index contributed by atoms with van der Waals surface area (Å²) in [6.45, 7) is 8.74. The number of benzene rings is 4. The fraction of sp³-hybridized carbons (Fsp3) is 0.295. The van der Waals surface area contributed by atoms with Gasteiger partial charge < -0.3 is 14.2 Å². The fourth-order valence-electron chi connectivity index (χ4n) is 5.87. The first-order valence-electron chi connectivity index (χ1n) is 18.3. The van der Waals surface area contributed by atoms with Gasteiger partial charge in [-0.05, 0) is 92.8 Å². The molecule has 1 saturated carbocycles. The summed E-state index contributed by atoms with van der Waals surface area (Å²) in [7, 11) is 0. The molecular weight excluding hydrogens is 832 g/mol. The molecule has 3 atom stereocenters. The Labute approximate surface area is 352 Å². The van der Waals surface area contributed by atoms with Crippen LogP contribution in [0.4, 0.5) is 26.3 Å². The minimum atomic E-state index is -5.84. The van der Waals surface area contributed by atoms with E-state index in [1.165, 1.54) is 11.1 Å². The van der Waals surface area contributed by atoms with Crippen molar-refractivity contribution in [2.75, 3.05) is 0 Å². The van der Waals surface area contributed by atoms with Gasteiger partial charge in [0.2, 0.25) is 6.10 Å². The highest BCUT2D eigenvalue weighted by Crippen LogP contribution is 2.60. The van der Waals surface area contributed by atoms with Crippen LogP contribution in [0.3, 0.4) is 0 Å². The van der Waals surface area contributed by atoms with E-state index >= 15 is 0 Å².